The molecule has 0 amide bonds. The molecule has 2 atom stereocenters. The van der Waals surface area contributed by atoms with Crippen molar-refractivity contribution in [2.75, 3.05) is 0 Å². The number of hydrogen-bond acceptors (Lipinski definition) is 0. The van der Waals surface area contributed by atoms with Gasteiger partial charge in [0.2, 0.25) is 0 Å². The topological polar surface area (TPSA) is 0 Å². The van der Waals surface area contributed by atoms with Crippen molar-refractivity contribution in [3.8, 4) is 0 Å². The summed E-state index contributed by atoms with van der Waals surface area (Å²) in [7, 11) is 0. The maximum atomic E-state index is 13.8. The van der Waals surface area contributed by atoms with Gasteiger partial charge in [-0.2, -0.15) is 0 Å². The summed E-state index contributed by atoms with van der Waals surface area (Å²) in [4.78, 5) is 0. The van der Waals surface area contributed by atoms with Gasteiger partial charge in [0.15, 0.2) is 0 Å². The molecule has 0 aliphatic heterocycles. The molecule has 2 unspecified atom stereocenters. The molecular weight excluding hydrogens is 187 g/mol. The van der Waals surface area contributed by atoms with Crippen molar-refractivity contribution in [3.63, 3.8) is 0 Å². The Morgan fingerprint density at radius 2 is 2.07 bits per heavy atom. The molecule has 1 aliphatic carbocycles. The van der Waals surface area contributed by atoms with E-state index in [1.807, 2.05) is 12.1 Å². The van der Waals surface area contributed by atoms with Crippen LogP contribution in [0.25, 0.3) is 0 Å². The Labute approximate surface area is 91.5 Å². The zero-order chi connectivity index (χ0) is 10.9. The first kappa shape index (κ1) is 10.7. The van der Waals surface area contributed by atoms with Crippen LogP contribution in [-0.2, 0) is 5.41 Å². The zero-order valence-corrected chi connectivity index (χ0v) is 9.59. The largest absolute Gasteiger partial charge is 0.207 e. The molecule has 1 heteroatoms. The van der Waals surface area contributed by atoms with E-state index in [1.54, 1.807) is 12.1 Å². The van der Waals surface area contributed by atoms with Gasteiger partial charge in [-0.3, -0.25) is 0 Å². The Bertz CT molecular complexity index is 339. The highest BCUT2D eigenvalue weighted by molar-refractivity contribution is 5.30. The van der Waals surface area contributed by atoms with Crippen LogP contribution in [0.2, 0.25) is 0 Å². The van der Waals surface area contributed by atoms with Gasteiger partial charge in [-0.1, -0.05) is 38.5 Å². The van der Waals surface area contributed by atoms with E-state index in [9.17, 15) is 4.39 Å². The molecule has 0 N–H and O–H groups in total. The second-order valence-electron chi connectivity index (χ2n) is 4.63. The van der Waals surface area contributed by atoms with Crippen LogP contribution in [0, 0.1) is 11.7 Å². The molecule has 1 aliphatic rings. The maximum absolute atomic E-state index is 13.8. The minimum absolute atomic E-state index is 0.0162. The lowest BCUT2D eigenvalue weighted by Gasteiger charge is -2.50. The van der Waals surface area contributed by atoms with Crippen LogP contribution >= 0.6 is 0 Å². The highest BCUT2D eigenvalue weighted by Crippen LogP contribution is 2.53. The smallest absolute Gasteiger partial charge is 0.126 e. The fourth-order valence-electron chi connectivity index (χ4n) is 3.17. The monoisotopic (exact) mass is 206 g/mol. The molecule has 0 nitrogen and oxygen atoms in total. The van der Waals surface area contributed by atoms with Crippen molar-refractivity contribution < 1.29 is 4.39 Å². The van der Waals surface area contributed by atoms with Gasteiger partial charge in [-0.25, -0.2) is 4.39 Å². The standard InChI is InChI=1S/C14H19F/c1-3-11-9-10-14(11,4-2)12-7-5-6-8-13(12)15/h5-8,11H,3-4,9-10H2,1-2H3. The Morgan fingerprint density at radius 1 is 1.33 bits per heavy atom. The van der Waals surface area contributed by atoms with Crippen LogP contribution in [0.3, 0.4) is 0 Å². The van der Waals surface area contributed by atoms with Gasteiger partial charge in [0.1, 0.15) is 5.82 Å². The SMILES string of the molecule is CCC1CCC1(CC)c1ccccc1F. The van der Waals surface area contributed by atoms with Crippen LogP contribution in [0.4, 0.5) is 4.39 Å². The van der Waals surface area contributed by atoms with E-state index in [1.165, 1.54) is 12.8 Å². The van der Waals surface area contributed by atoms with E-state index in [-0.39, 0.29) is 11.2 Å². The van der Waals surface area contributed by atoms with Crippen molar-refractivity contribution in [1.82, 2.24) is 0 Å². The second-order valence-corrected chi connectivity index (χ2v) is 4.63. The van der Waals surface area contributed by atoms with Crippen molar-refractivity contribution in [1.29, 1.82) is 0 Å². The third kappa shape index (κ3) is 1.49. The van der Waals surface area contributed by atoms with Crippen LogP contribution in [0.1, 0.15) is 45.1 Å². The molecule has 0 bridgehead atoms. The van der Waals surface area contributed by atoms with Crippen LogP contribution in [0.5, 0.6) is 0 Å². The average Bonchev–Trinajstić information content (AvgIpc) is 2.21. The summed E-state index contributed by atoms with van der Waals surface area (Å²) in [6, 6.07) is 7.31. The first-order chi connectivity index (χ1) is 7.24. The van der Waals surface area contributed by atoms with E-state index >= 15 is 0 Å². The fourth-order valence-corrected chi connectivity index (χ4v) is 3.17. The van der Waals surface area contributed by atoms with Gasteiger partial charge in [0.25, 0.3) is 0 Å². The molecule has 0 aromatic heterocycles. The molecule has 82 valence electrons. The average molecular weight is 206 g/mol. The molecule has 1 fully saturated rings. The Kier molecular flexibility index (Phi) is 2.81. The van der Waals surface area contributed by atoms with Gasteiger partial charge in [-0.05, 0) is 36.8 Å². The van der Waals surface area contributed by atoms with Crippen molar-refractivity contribution in [2.24, 2.45) is 5.92 Å². The third-order valence-electron chi connectivity index (χ3n) is 4.25. The quantitative estimate of drug-likeness (QED) is 0.692. The molecule has 1 saturated carbocycles. The predicted molar refractivity (Wildman–Crippen MR) is 61.4 cm³/mol. The molecule has 0 spiro atoms. The maximum Gasteiger partial charge on any atom is 0.126 e. The Balaban J connectivity index is 2.39. The summed E-state index contributed by atoms with van der Waals surface area (Å²) in [5, 5.41) is 0. The van der Waals surface area contributed by atoms with E-state index < -0.39 is 0 Å². The number of halogens is 1. The summed E-state index contributed by atoms with van der Waals surface area (Å²) in [5.74, 6) is 0.664. The van der Waals surface area contributed by atoms with Crippen LogP contribution in [-0.4, -0.2) is 0 Å². The molecule has 2 rings (SSSR count). The summed E-state index contributed by atoms with van der Waals surface area (Å²) >= 11 is 0. The molecule has 0 radical (unpaired) electrons. The summed E-state index contributed by atoms with van der Waals surface area (Å²) in [6.07, 6.45) is 4.65. The van der Waals surface area contributed by atoms with Crippen molar-refractivity contribution in [2.45, 2.75) is 44.9 Å². The van der Waals surface area contributed by atoms with E-state index in [0.29, 0.717) is 5.92 Å². The molecule has 0 saturated heterocycles. The first-order valence-electron chi connectivity index (χ1n) is 5.99. The minimum Gasteiger partial charge on any atom is -0.207 e. The number of hydrogen-bond donors (Lipinski definition) is 0. The van der Waals surface area contributed by atoms with E-state index in [0.717, 1.165) is 18.4 Å². The minimum atomic E-state index is -0.0162. The lowest BCUT2D eigenvalue weighted by molar-refractivity contribution is 0.106. The van der Waals surface area contributed by atoms with Crippen LogP contribution in [0.15, 0.2) is 24.3 Å². The number of benzene rings is 1. The Hall–Kier alpha value is -0.850. The summed E-state index contributed by atoms with van der Waals surface area (Å²) in [5.41, 5.74) is 1.09. The molecule has 0 heterocycles. The summed E-state index contributed by atoms with van der Waals surface area (Å²) < 4.78 is 13.8. The lowest BCUT2D eigenvalue weighted by Crippen LogP contribution is -2.44. The van der Waals surface area contributed by atoms with Gasteiger partial charge in [0, 0.05) is 5.41 Å². The zero-order valence-electron chi connectivity index (χ0n) is 9.59. The van der Waals surface area contributed by atoms with E-state index in [4.69, 9.17) is 0 Å². The summed E-state index contributed by atoms with van der Waals surface area (Å²) in [6.45, 7) is 4.41. The molecular formula is C14H19F. The first-order valence-corrected chi connectivity index (χ1v) is 5.99. The predicted octanol–water partition coefficient (Wildman–Crippen LogP) is 4.29. The van der Waals surface area contributed by atoms with Crippen LogP contribution < -0.4 is 0 Å². The molecule has 1 aromatic carbocycles. The second kappa shape index (κ2) is 3.96. The normalized spacial score (nSPS) is 29.9. The fraction of sp³-hybridized carbons (Fsp3) is 0.571. The molecule has 1 aromatic rings. The van der Waals surface area contributed by atoms with Gasteiger partial charge >= 0.3 is 0 Å². The van der Waals surface area contributed by atoms with Gasteiger partial charge < -0.3 is 0 Å². The van der Waals surface area contributed by atoms with Gasteiger partial charge in [0.05, 0.1) is 0 Å². The highest BCUT2D eigenvalue weighted by Gasteiger charge is 2.46. The lowest BCUT2D eigenvalue weighted by atomic mass is 9.54. The van der Waals surface area contributed by atoms with Crippen molar-refractivity contribution >= 4 is 0 Å². The Morgan fingerprint density at radius 3 is 2.53 bits per heavy atom. The van der Waals surface area contributed by atoms with E-state index in [2.05, 4.69) is 13.8 Å². The van der Waals surface area contributed by atoms with Crippen molar-refractivity contribution in [3.05, 3.63) is 35.6 Å². The van der Waals surface area contributed by atoms with Gasteiger partial charge in [-0.15, -0.1) is 0 Å². The highest BCUT2D eigenvalue weighted by atomic mass is 19.1. The molecule has 15 heavy (non-hydrogen) atoms. The number of rotatable bonds is 3. The third-order valence-corrected chi connectivity index (χ3v) is 4.25.